The van der Waals surface area contributed by atoms with Gasteiger partial charge in [-0.05, 0) is 5.56 Å². The SMILES string of the molecule is COC(=O)C[C@H](NC(=O)CCN1CCSC1=O)c1ccccc1. The van der Waals surface area contributed by atoms with Gasteiger partial charge in [0, 0.05) is 25.3 Å². The molecule has 1 fully saturated rings. The predicted molar refractivity (Wildman–Crippen MR) is 88.0 cm³/mol. The zero-order valence-corrected chi connectivity index (χ0v) is 13.8. The number of ether oxygens (including phenoxy) is 1. The van der Waals surface area contributed by atoms with Crippen LogP contribution in [0.1, 0.15) is 24.4 Å². The molecule has 1 aliphatic heterocycles. The molecule has 1 aromatic rings. The molecule has 0 aromatic heterocycles. The van der Waals surface area contributed by atoms with Crippen LogP contribution in [0.4, 0.5) is 4.79 Å². The first-order valence-corrected chi connectivity index (χ1v) is 8.41. The Morgan fingerprint density at radius 2 is 2.09 bits per heavy atom. The Morgan fingerprint density at radius 1 is 1.35 bits per heavy atom. The van der Waals surface area contributed by atoms with E-state index in [-0.39, 0.29) is 30.0 Å². The number of methoxy groups -OCH3 is 1. The highest BCUT2D eigenvalue weighted by Gasteiger charge is 2.23. The maximum Gasteiger partial charge on any atom is 0.307 e. The first-order chi connectivity index (χ1) is 11.1. The van der Waals surface area contributed by atoms with Gasteiger partial charge >= 0.3 is 5.97 Å². The van der Waals surface area contributed by atoms with Gasteiger partial charge in [0.1, 0.15) is 0 Å². The van der Waals surface area contributed by atoms with E-state index in [9.17, 15) is 14.4 Å². The largest absolute Gasteiger partial charge is 0.469 e. The Bertz CT molecular complexity index is 564. The van der Waals surface area contributed by atoms with Crippen LogP contribution in [-0.4, -0.2) is 48.0 Å². The first kappa shape index (κ1) is 17.3. The number of nitrogens with zero attached hydrogens (tertiary/aromatic N) is 1. The molecule has 0 unspecified atom stereocenters. The van der Waals surface area contributed by atoms with Crippen LogP contribution >= 0.6 is 11.8 Å². The van der Waals surface area contributed by atoms with E-state index >= 15 is 0 Å². The second-order valence-electron chi connectivity index (χ2n) is 5.16. The molecule has 1 N–H and O–H groups in total. The molecule has 1 heterocycles. The van der Waals surface area contributed by atoms with Crippen LogP contribution in [0.2, 0.25) is 0 Å². The molecule has 0 bridgehead atoms. The summed E-state index contributed by atoms with van der Waals surface area (Å²) in [6.07, 6.45) is 0.293. The molecule has 6 nitrogen and oxygen atoms in total. The average molecular weight is 336 g/mol. The van der Waals surface area contributed by atoms with Crippen molar-refractivity contribution in [2.75, 3.05) is 26.0 Å². The fraction of sp³-hybridized carbons (Fsp3) is 0.438. The molecule has 1 aromatic carbocycles. The molecule has 2 rings (SSSR count). The van der Waals surface area contributed by atoms with E-state index in [1.165, 1.54) is 18.9 Å². The second kappa shape index (κ2) is 8.57. The van der Waals surface area contributed by atoms with Crippen LogP contribution in [0.15, 0.2) is 30.3 Å². The first-order valence-electron chi connectivity index (χ1n) is 7.43. The van der Waals surface area contributed by atoms with Gasteiger partial charge in [-0.3, -0.25) is 14.4 Å². The highest BCUT2D eigenvalue weighted by molar-refractivity contribution is 8.13. The number of benzene rings is 1. The van der Waals surface area contributed by atoms with E-state index in [4.69, 9.17) is 4.74 Å². The number of carbonyl (C=O) groups excluding carboxylic acids is 3. The van der Waals surface area contributed by atoms with Gasteiger partial charge in [0.05, 0.1) is 19.6 Å². The molecule has 23 heavy (non-hydrogen) atoms. The molecule has 1 atom stereocenters. The van der Waals surface area contributed by atoms with E-state index < -0.39 is 6.04 Å². The van der Waals surface area contributed by atoms with Crippen molar-refractivity contribution in [1.82, 2.24) is 10.2 Å². The maximum atomic E-state index is 12.2. The van der Waals surface area contributed by atoms with Crippen LogP contribution < -0.4 is 5.32 Å². The summed E-state index contributed by atoms with van der Waals surface area (Å²) in [6.45, 7) is 1.08. The van der Waals surface area contributed by atoms with E-state index in [2.05, 4.69) is 5.32 Å². The average Bonchev–Trinajstić information content (AvgIpc) is 2.98. The van der Waals surface area contributed by atoms with Crippen LogP contribution in [0.25, 0.3) is 0 Å². The summed E-state index contributed by atoms with van der Waals surface area (Å²) in [5, 5.41) is 2.87. The smallest absolute Gasteiger partial charge is 0.307 e. The number of carbonyl (C=O) groups is 3. The third-order valence-corrected chi connectivity index (χ3v) is 4.48. The number of hydrogen-bond acceptors (Lipinski definition) is 5. The summed E-state index contributed by atoms with van der Waals surface area (Å²) in [6, 6.07) is 8.86. The van der Waals surface area contributed by atoms with Crippen molar-refractivity contribution < 1.29 is 19.1 Å². The van der Waals surface area contributed by atoms with Crippen molar-refractivity contribution in [2.45, 2.75) is 18.9 Å². The quantitative estimate of drug-likeness (QED) is 0.771. The van der Waals surface area contributed by atoms with Gasteiger partial charge in [-0.2, -0.15) is 0 Å². The summed E-state index contributed by atoms with van der Waals surface area (Å²) in [4.78, 5) is 36.9. The van der Waals surface area contributed by atoms with Gasteiger partial charge in [0.15, 0.2) is 0 Å². The topological polar surface area (TPSA) is 75.7 Å². The monoisotopic (exact) mass is 336 g/mol. The number of hydrogen-bond donors (Lipinski definition) is 1. The van der Waals surface area contributed by atoms with Gasteiger partial charge < -0.3 is 15.0 Å². The molecule has 0 saturated carbocycles. The van der Waals surface area contributed by atoms with E-state index in [0.717, 1.165) is 11.3 Å². The summed E-state index contributed by atoms with van der Waals surface area (Å²) in [5.74, 6) is 0.202. The Balaban J connectivity index is 1.92. The fourth-order valence-electron chi connectivity index (χ4n) is 2.32. The maximum absolute atomic E-state index is 12.2. The lowest BCUT2D eigenvalue weighted by atomic mass is 10.0. The molecule has 2 amide bonds. The minimum Gasteiger partial charge on any atom is -0.469 e. The van der Waals surface area contributed by atoms with Crippen molar-refractivity contribution in [3.05, 3.63) is 35.9 Å². The van der Waals surface area contributed by atoms with Gasteiger partial charge in [-0.1, -0.05) is 42.1 Å². The van der Waals surface area contributed by atoms with Gasteiger partial charge in [-0.15, -0.1) is 0 Å². The van der Waals surface area contributed by atoms with Gasteiger partial charge in [0.25, 0.3) is 5.24 Å². The van der Waals surface area contributed by atoms with Crippen molar-refractivity contribution in [3.8, 4) is 0 Å². The van der Waals surface area contributed by atoms with Crippen LogP contribution in [0.3, 0.4) is 0 Å². The van der Waals surface area contributed by atoms with E-state index in [1.54, 1.807) is 4.90 Å². The standard InChI is InChI=1S/C16H20N2O4S/c1-22-15(20)11-13(12-5-3-2-4-6-12)17-14(19)7-8-18-9-10-23-16(18)21/h2-6,13H,7-11H2,1H3,(H,17,19)/t13-/m0/s1. The Hall–Kier alpha value is -2.02. The number of nitrogens with one attached hydrogen (secondary N) is 1. The van der Waals surface area contributed by atoms with E-state index in [1.807, 2.05) is 30.3 Å². The summed E-state index contributed by atoms with van der Waals surface area (Å²) in [5.41, 5.74) is 0.846. The number of esters is 1. The zero-order chi connectivity index (χ0) is 16.7. The molecule has 1 aliphatic rings. The number of amides is 2. The predicted octanol–water partition coefficient (Wildman–Crippen LogP) is 1.97. The van der Waals surface area contributed by atoms with E-state index in [0.29, 0.717) is 13.1 Å². The normalized spacial score (nSPS) is 15.3. The molecule has 124 valence electrons. The summed E-state index contributed by atoms with van der Waals surface area (Å²) in [7, 11) is 1.32. The fourth-order valence-corrected chi connectivity index (χ4v) is 3.17. The third kappa shape index (κ3) is 5.28. The lowest BCUT2D eigenvalue weighted by Crippen LogP contribution is -2.34. The highest BCUT2D eigenvalue weighted by Crippen LogP contribution is 2.19. The minimum atomic E-state index is -0.431. The van der Waals surface area contributed by atoms with Crippen LogP contribution in [0, 0.1) is 0 Å². The van der Waals surface area contributed by atoms with Crippen molar-refractivity contribution in [3.63, 3.8) is 0 Å². The lowest BCUT2D eigenvalue weighted by Gasteiger charge is -2.19. The Labute approximate surface area is 139 Å². The van der Waals surface area contributed by atoms with Crippen molar-refractivity contribution >= 4 is 28.9 Å². The van der Waals surface area contributed by atoms with Crippen LogP contribution in [0.5, 0.6) is 0 Å². The zero-order valence-electron chi connectivity index (χ0n) is 13.0. The summed E-state index contributed by atoms with van der Waals surface area (Å²) >= 11 is 1.27. The molecule has 0 radical (unpaired) electrons. The summed E-state index contributed by atoms with van der Waals surface area (Å²) < 4.78 is 4.69. The van der Waals surface area contributed by atoms with Crippen molar-refractivity contribution in [2.24, 2.45) is 0 Å². The third-order valence-electron chi connectivity index (χ3n) is 3.59. The Kier molecular flexibility index (Phi) is 6.46. The highest BCUT2D eigenvalue weighted by atomic mass is 32.2. The molecular formula is C16H20N2O4S. The number of rotatable bonds is 7. The molecule has 0 aliphatic carbocycles. The molecule has 7 heteroatoms. The van der Waals surface area contributed by atoms with Gasteiger partial charge in [-0.25, -0.2) is 0 Å². The van der Waals surface area contributed by atoms with Crippen molar-refractivity contribution in [1.29, 1.82) is 0 Å². The second-order valence-corrected chi connectivity index (χ2v) is 6.21. The Morgan fingerprint density at radius 3 is 2.70 bits per heavy atom. The minimum absolute atomic E-state index is 0.0203. The van der Waals surface area contributed by atoms with Crippen LogP contribution in [-0.2, 0) is 14.3 Å². The van der Waals surface area contributed by atoms with Gasteiger partial charge in [0.2, 0.25) is 5.91 Å². The molecular weight excluding hydrogens is 316 g/mol. The number of thioether (sulfide) groups is 1. The molecule has 1 saturated heterocycles. The molecule has 0 spiro atoms. The lowest BCUT2D eigenvalue weighted by molar-refractivity contribution is -0.141.